The zero-order chi connectivity index (χ0) is 13.1. The predicted octanol–water partition coefficient (Wildman–Crippen LogP) is -2.76. The third-order valence-corrected chi connectivity index (χ3v) is 1.98. The second-order valence-corrected chi connectivity index (χ2v) is 3.91. The van der Waals surface area contributed by atoms with Gasteiger partial charge >= 0.3 is 57.5 Å². The maximum Gasteiger partial charge on any atom is 1.00 e. The average molecular weight is 300 g/mol. The second kappa shape index (κ2) is 7.28. The Kier molecular flexibility index (Phi) is 7.13. The molecule has 0 unspecified atom stereocenters. The fraction of sp³-hybridized carbons (Fsp3) is 0.125. The standard InChI is InChI=1S/C8H10N2O6S.K/c1-10(7-4-2-6(9)3-5-7)15-8(11)16-17(12,13)14;/h2-5H,9H2,1H3,(H,12,13,14);/q;+1/p-1. The Morgan fingerprint density at radius 3 is 2.28 bits per heavy atom. The van der Waals surface area contributed by atoms with Gasteiger partial charge in [0.1, 0.15) is 0 Å². The number of hydroxylamine groups is 1. The number of nitrogen functional groups attached to an aromatic ring is 1. The monoisotopic (exact) mass is 300 g/mol. The maximum absolute atomic E-state index is 10.8. The quantitative estimate of drug-likeness (QED) is 0.209. The van der Waals surface area contributed by atoms with Crippen molar-refractivity contribution >= 4 is 27.9 Å². The van der Waals surface area contributed by atoms with Gasteiger partial charge in [0.05, 0.1) is 5.69 Å². The number of hydrogen-bond acceptors (Lipinski definition) is 8. The molecule has 0 radical (unpaired) electrons. The van der Waals surface area contributed by atoms with Gasteiger partial charge in [-0.15, -0.1) is 0 Å². The summed E-state index contributed by atoms with van der Waals surface area (Å²) in [4.78, 5) is 15.2. The molecular weight excluding hydrogens is 291 g/mol. The molecule has 0 saturated carbocycles. The van der Waals surface area contributed by atoms with E-state index in [0.717, 1.165) is 5.06 Å². The summed E-state index contributed by atoms with van der Waals surface area (Å²) in [6.45, 7) is 0. The molecule has 0 aromatic heterocycles. The van der Waals surface area contributed by atoms with Gasteiger partial charge in [0, 0.05) is 12.7 Å². The zero-order valence-corrected chi connectivity index (χ0v) is 13.6. The van der Waals surface area contributed by atoms with Crippen LogP contribution in [-0.2, 0) is 19.4 Å². The third kappa shape index (κ3) is 6.54. The normalized spacial score (nSPS) is 10.1. The van der Waals surface area contributed by atoms with Gasteiger partial charge in [-0.1, -0.05) is 0 Å². The third-order valence-electron chi connectivity index (χ3n) is 1.64. The summed E-state index contributed by atoms with van der Waals surface area (Å²) in [5, 5.41) is 0.924. The van der Waals surface area contributed by atoms with Crippen LogP contribution in [0.1, 0.15) is 0 Å². The van der Waals surface area contributed by atoms with Crippen LogP contribution in [0.5, 0.6) is 0 Å². The number of carbonyl (C=O) groups excluding carboxylic acids is 1. The Morgan fingerprint density at radius 1 is 1.33 bits per heavy atom. The molecule has 0 atom stereocenters. The summed E-state index contributed by atoms with van der Waals surface area (Å²) < 4.78 is 33.7. The van der Waals surface area contributed by atoms with Crippen molar-refractivity contribution in [3.63, 3.8) is 0 Å². The Bertz CT molecular complexity index is 503. The van der Waals surface area contributed by atoms with Gasteiger partial charge in [0.15, 0.2) is 0 Å². The number of anilines is 2. The van der Waals surface area contributed by atoms with Crippen molar-refractivity contribution in [2.24, 2.45) is 0 Å². The summed E-state index contributed by atoms with van der Waals surface area (Å²) in [5.41, 5.74) is 6.36. The smallest absolute Gasteiger partial charge is 0.716 e. The van der Waals surface area contributed by atoms with Crippen LogP contribution in [0.15, 0.2) is 24.3 Å². The van der Waals surface area contributed by atoms with Crippen molar-refractivity contribution in [1.82, 2.24) is 0 Å². The number of benzene rings is 1. The minimum atomic E-state index is -5.13. The number of carbonyl (C=O) groups is 1. The summed E-state index contributed by atoms with van der Waals surface area (Å²) in [6.07, 6.45) is -1.64. The number of nitrogens with two attached hydrogens (primary N) is 1. The first-order valence-corrected chi connectivity index (χ1v) is 5.58. The van der Waals surface area contributed by atoms with Crippen LogP contribution >= 0.6 is 0 Å². The van der Waals surface area contributed by atoms with E-state index in [2.05, 4.69) is 9.02 Å². The van der Waals surface area contributed by atoms with Crippen molar-refractivity contribution < 1.29 is 78.2 Å². The molecule has 1 rings (SSSR count). The Hall–Kier alpha value is -0.364. The fourth-order valence-corrected chi connectivity index (χ4v) is 1.14. The SMILES string of the molecule is CN(OC(=O)OS(=O)(=O)[O-])c1ccc(N)cc1.[K+]. The molecule has 1 aromatic rings. The first kappa shape index (κ1) is 17.6. The molecule has 0 saturated heterocycles. The summed E-state index contributed by atoms with van der Waals surface area (Å²) in [6, 6.07) is 6.14. The van der Waals surface area contributed by atoms with E-state index in [1.54, 1.807) is 12.1 Å². The number of nitrogens with zero attached hydrogens (tertiary/aromatic N) is 1. The van der Waals surface area contributed by atoms with Crippen molar-refractivity contribution in [2.45, 2.75) is 0 Å². The van der Waals surface area contributed by atoms with E-state index in [1.807, 2.05) is 0 Å². The van der Waals surface area contributed by atoms with Crippen molar-refractivity contribution in [1.29, 1.82) is 0 Å². The zero-order valence-electron chi connectivity index (χ0n) is 9.69. The summed E-state index contributed by atoms with van der Waals surface area (Å²) in [7, 11) is -3.81. The van der Waals surface area contributed by atoms with Crippen molar-refractivity contribution in [3.8, 4) is 0 Å². The molecule has 2 N–H and O–H groups in total. The molecular formula is C8H9KN2O6S. The van der Waals surface area contributed by atoms with Gasteiger partial charge in [0.2, 0.25) is 0 Å². The largest absolute Gasteiger partial charge is 1.00 e. The van der Waals surface area contributed by atoms with Gasteiger partial charge in [-0.2, -0.15) is 0 Å². The van der Waals surface area contributed by atoms with Crippen LogP contribution < -0.4 is 62.2 Å². The molecule has 0 bridgehead atoms. The molecule has 10 heteroatoms. The first-order valence-electron chi connectivity index (χ1n) is 4.24. The van der Waals surface area contributed by atoms with Gasteiger partial charge in [-0.3, -0.25) is 0 Å². The second-order valence-electron chi connectivity index (χ2n) is 2.92. The van der Waals surface area contributed by atoms with E-state index in [0.29, 0.717) is 11.4 Å². The molecule has 94 valence electrons. The molecule has 0 fully saturated rings. The van der Waals surface area contributed by atoms with Crippen LogP contribution in [0.2, 0.25) is 0 Å². The van der Waals surface area contributed by atoms with Crippen LogP contribution in [0.4, 0.5) is 16.2 Å². The molecule has 0 aliphatic carbocycles. The van der Waals surface area contributed by atoms with Crippen LogP contribution in [0.25, 0.3) is 0 Å². The van der Waals surface area contributed by atoms with Gasteiger partial charge in [-0.25, -0.2) is 18.3 Å². The van der Waals surface area contributed by atoms with Crippen molar-refractivity contribution in [3.05, 3.63) is 24.3 Å². The summed E-state index contributed by atoms with van der Waals surface area (Å²) >= 11 is 0. The van der Waals surface area contributed by atoms with E-state index in [-0.39, 0.29) is 51.4 Å². The summed E-state index contributed by atoms with van der Waals surface area (Å²) in [5.74, 6) is 0. The van der Waals surface area contributed by atoms with Crippen LogP contribution in [0, 0.1) is 0 Å². The molecule has 0 aliphatic heterocycles. The van der Waals surface area contributed by atoms with E-state index < -0.39 is 16.6 Å². The van der Waals surface area contributed by atoms with E-state index >= 15 is 0 Å². The Balaban J connectivity index is 0.00000289. The van der Waals surface area contributed by atoms with Crippen LogP contribution in [-0.4, -0.2) is 26.2 Å². The molecule has 0 amide bonds. The van der Waals surface area contributed by atoms with Gasteiger partial charge in [0.25, 0.3) is 10.4 Å². The van der Waals surface area contributed by atoms with Gasteiger partial charge < -0.3 is 19.3 Å². The van der Waals surface area contributed by atoms with E-state index in [1.165, 1.54) is 19.2 Å². The first-order chi connectivity index (χ1) is 7.78. The van der Waals surface area contributed by atoms with E-state index in [4.69, 9.17) is 5.73 Å². The molecule has 8 nitrogen and oxygen atoms in total. The predicted molar refractivity (Wildman–Crippen MR) is 56.5 cm³/mol. The Morgan fingerprint density at radius 2 is 1.83 bits per heavy atom. The maximum atomic E-state index is 10.8. The van der Waals surface area contributed by atoms with Gasteiger partial charge in [-0.05, 0) is 24.3 Å². The number of rotatable bonds is 3. The average Bonchev–Trinajstić information content (AvgIpc) is 2.15. The Labute approximate surface area is 146 Å². The molecule has 0 heterocycles. The van der Waals surface area contributed by atoms with E-state index in [9.17, 15) is 17.8 Å². The molecule has 18 heavy (non-hydrogen) atoms. The number of hydrogen-bond donors (Lipinski definition) is 1. The minimum absolute atomic E-state index is 0. The fourth-order valence-electron chi connectivity index (χ4n) is 0.947. The molecule has 1 aromatic carbocycles. The minimum Gasteiger partial charge on any atom is -0.716 e. The van der Waals surface area contributed by atoms with Crippen LogP contribution in [0.3, 0.4) is 0 Å². The van der Waals surface area contributed by atoms with Crippen molar-refractivity contribution in [2.75, 3.05) is 17.8 Å². The molecule has 0 aliphatic rings. The topological polar surface area (TPSA) is 122 Å². The molecule has 0 spiro atoms.